The quantitative estimate of drug-likeness (QED) is 0.631. The first kappa shape index (κ1) is 13.5. The summed E-state index contributed by atoms with van der Waals surface area (Å²) in [5.41, 5.74) is 2.14. The minimum Gasteiger partial charge on any atom is -0.420 e. The Hall–Kier alpha value is -3.21. The zero-order valence-corrected chi connectivity index (χ0v) is 12.2. The van der Waals surface area contributed by atoms with E-state index in [-0.39, 0.29) is 5.56 Å². The highest BCUT2D eigenvalue weighted by molar-refractivity contribution is 5.78. The number of hydrogen-bond acceptors (Lipinski definition) is 4. The van der Waals surface area contributed by atoms with E-state index >= 15 is 0 Å². The van der Waals surface area contributed by atoms with Gasteiger partial charge in [-0.1, -0.05) is 36.4 Å². The molecule has 0 fully saturated rings. The third-order valence-corrected chi connectivity index (χ3v) is 3.66. The largest absolute Gasteiger partial charge is 0.420 e. The lowest BCUT2D eigenvalue weighted by Crippen LogP contribution is -2.12. The van der Waals surface area contributed by atoms with Crippen LogP contribution in [0.3, 0.4) is 0 Å². The molecule has 0 bridgehead atoms. The van der Waals surface area contributed by atoms with Crippen LogP contribution in [0.5, 0.6) is 0 Å². The molecule has 0 unspecified atom stereocenters. The van der Waals surface area contributed by atoms with Gasteiger partial charge in [0.15, 0.2) is 0 Å². The monoisotopic (exact) mass is 303 g/mol. The molecule has 5 nitrogen and oxygen atoms in total. The van der Waals surface area contributed by atoms with Crippen LogP contribution >= 0.6 is 0 Å². The maximum atomic E-state index is 12.2. The third kappa shape index (κ3) is 2.64. The average Bonchev–Trinajstić information content (AvgIpc) is 3.05. The smallest absolute Gasteiger partial charge is 0.252 e. The van der Waals surface area contributed by atoms with Crippen molar-refractivity contribution in [2.24, 2.45) is 0 Å². The summed E-state index contributed by atoms with van der Waals surface area (Å²) in [6.45, 7) is 0. The number of para-hydroxylation sites is 1. The average molecular weight is 303 g/mol. The number of aromatic amines is 1. The third-order valence-electron chi connectivity index (χ3n) is 3.66. The van der Waals surface area contributed by atoms with E-state index in [1.807, 2.05) is 60.7 Å². The molecule has 0 spiro atoms. The molecule has 0 amide bonds. The molecule has 2 aromatic heterocycles. The van der Waals surface area contributed by atoms with Crippen molar-refractivity contribution in [3.8, 4) is 11.5 Å². The fraction of sp³-hybridized carbons (Fsp3) is 0.0556. The lowest BCUT2D eigenvalue weighted by atomic mass is 10.1. The molecule has 0 saturated carbocycles. The second kappa shape index (κ2) is 5.53. The van der Waals surface area contributed by atoms with E-state index in [2.05, 4.69) is 15.2 Å². The van der Waals surface area contributed by atoms with Crippen molar-refractivity contribution in [1.82, 2.24) is 15.2 Å². The molecular weight excluding hydrogens is 290 g/mol. The maximum absolute atomic E-state index is 12.2. The lowest BCUT2D eigenvalue weighted by molar-refractivity contribution is 0.517. The molecule has 0 aliphatic rings. The zero-order valence-electron chi connectivity index (χ0n) is 12.2. The Morgan fingerprint density at radius 2 is 1.74 bits per heavy atom. The first-order valence-corrected chi connectivity index (χ1v) is 7.28. The topological polar surface area (TPSA) is 71.8 Å². The van der Waals surface area contributed by atoms with Gasteiger partial charge in [-0.15, -0.1) is 10.2 Å². The summed E-state index contributed by atoms with van der Waals surface area (Å²) in [6, 6.07) is 19.1. The molecule has 2 heterocycles. The molecule has 4 rings (SSSR count). The predicted octanol–water partition coefficient (Wildman–Crippen LogP) is 3.17. The number of nitrogens with zero attached hydrogens (tertiary/aromatic N) is 2. The normalized spacial score (nSPS) is 11.0. The van der Waals surface area contributed by atoms with Gasteiger partial charge in [0.2, 0.25) is 11.8 Å². The van der Waals surface area contributed by atoms with Crippen molar-refractivity contribution in [2.45, 2.75) is 6.42 Å². The van der Waals surface area contributed by atoms with Gasteiger partial charge in [0.25, 0.3) is 5.56 Å². The first-order valence-electron chi connectivity index (χ1n) is 7.28. The molecule has 0 aliphatic carbocycles. The maximum Gasteiger partial charge on any atom is 0.252 e. The molecule has 23 heavy (non-hydrogen) atoms. The minimum absolute atomic E-state index is 0.136. The van der Waals surface area contributed by atoms with Gasteiger partial charge in [-0.2, -0.15) is 0 Å². The van der Waals surface area contributed by atoms with Gasteiger partial charge >= 0.3 is 0 Å². The summed E-state index contributed by atoms with van der Waals surface area (Å²) in [7, 11) is 0. The lowest BCUT2D eigenvalue weighted by Gasteiger charge is -2.00. The van der Waals surface area contributed by atoms with E-state index < -0.39 is 0 Å². The van der Waals surface area contributed by atoms with Gasteiger partial charge in [0.1, 0.15) is 0 Å². The number of fused-ring (bicyclic) bond motifs is 1. The van der Waals surface area contributed by atoms with Crippen molar-refractivity contribution in [1.29, 1.82) is 0 Å². The highest BCUT2D eigenvalue weighted by atomic mass is 16.4. The van der Waals surface area contributed by atoms with E-state index in [4.69, 9.17) is 4.42 Å². The molecule has 0 aliphatic heterocycles. The highest BCUT2D eigenvalue weighted by Crippen LogP contribution is 2.18. The summed E-state index contributed by atoms with van der Waals surface area (Å²) in [5.74, 6) is 0.877. The summed E-state index contributed by atoms with van der Waals surface area (Å²) >= 11 is 0. The molecule has 5 heteroatoms. The molecule has 112 valence electrons. The van der Waals surface area contributed by atoms with Gasteiger partial charge in [-0.05, 0) is 29.7 Å². The first-order chi connectivity index (χ1) is 11.3. The van der Waals surface area contributed by atoms with E-state index in [0.717, 1.165) is 16.5 Å². The molecule has 0 atom stereocenters. The van der Waals surface area contributed by atoms with E-state index in [9.17, 15) is 4.79 Å². The van der Waals surface area contributed by atoms with Crippen LogP contribution in [0.2, 0.25) is 0 Å². The Balaban J connectivity index is 1.67. The molecule has 0 radical (unpaired) electrons. The van der Waals surface area contributed by atoms with Crippen molar-refractivity contribution in [2.75, 3.05) is 0 Å². The zero-order chi connectivity index (χ0) is 15.6. The number of nitrogens with one attached hydrogen (secondary N) is 1. The van der Waals surface area contributed by atoms with Crippen LogP contribution < -0.4 is 5.56 Å². The number of hydrogen-bond donors (Lipinski definition) is 1. The van der Waals surface area contributed by atoms with Gasteiger partial charge in [-0.25, -0.2) is 0 Å². The SMILES string of the molecule is O=c1[nH]c2ccccc2cc1Cc1nnc(-c2ccccc2)o1. The summed E-state index contributed by atoms with van der Waals surface area (Å²) in [4.78, 5) is 15.0. The van der Waals surface area contributed by atoms with Crippen LogP contribution in [0.4, 0.5) is 0 Å². The number of rotatable bonds is 3. The summed E-state index contributed by atoms with van der Waals surface area (Å²) in [5, 5.41) is 9.06. The minimum atomic E-state index is -0.136. The van der Waals surface area contributed by atoms with Gasteiger partial charge in [-0.3, -0.25) is 4.79 Å². The van der Waals surface area contributed by atoms with E-state index in [1.165, 1.54) is 0 Å². The molecular formula is C18H13N3O2. The van der Waals surface area contributed by atoms with Crippen LogP contribution in [0.25, 0.3) is 22.4 Å². The number of aromatic nitrogens is 3. The van der Waals surface area contributed by atoms with Gasteiger partial charge < -0.3 is 9.40 Å². The van der Waals surface area contributed by atoms with Crippen molar-refractivity contribution < 1.29 is 4.42 Å². The fourth-order valence-corrected chi connectivity index (χ4v) is 2.51. The van der Waals surface area contributed by atoms with Crippen LogP contribution in [0.1, 0.15) is 11.5 Å². The standard InChI is InChI=1S/C18H13N3O2/c22-17-14(10-13-8-4-5-9-15(13)19-17)11-16-20-21-18(23-16)12-6-2-1-3-7-12/h1-10H,11H2,(H,19,22). The van der Waals surface area contributed by atoms with E-state index in [0.29, 0.717) is 23.8 Å². The Labute approximate surface area is 131 Å². The Morgan fingerprint density at radius 1 is 0.957 bits per heavy atom. The predicted molar refractivity (Wildman–Crippen MR) is 87.1 cm³/mol. The van der Waals surface area contributed by atoms with Gasteiger partial charge in [0.05, 0.1) is 6.42 Å². The van der Waals surface area contributed by atoms with Gasteiger partial charge in [0, 0.05) is 16.6 Å². The molecule has 0 saturated heterocycles. The van der Waals surface area contributed by atoms with Crippen LogP contribution in [0.15, 0.2) is 69.9 Å². The summed E-state index contributed by atoms with van der Waals surface area (Å²) < 4.78 is 5.67. The molecule has 2 aromatic carbocycles. The Bertz CT molecular complexity index is 1020. The van der Waals surface area contributed by atoms with Crippen LogP contribution in [0, 0.1) is 0 Å². The summed E-state index contributed by atoms with van der Waals surface area (Å²) in [6.07, 6.45) is 0.306. The van der Waals surface area contributed by atoms with Crippen molar-refractivity contribution >= 4 is 10.9 Å². The van der Waals surface area contributed by atoms with Crippen molar-refractivity contribution in [3.05, 3.63) is 82.5 Å². The number of pyridine rings is 1. The van der Waals surface area contributed by atoms with Crippen molar-refractivity contribution in [3.63, 3.8) is 0 Å². The Kier molecular flexibility index (Phi) is 3.24. The number of benzene rings is 2. The Morgan fingerprint density at radius 3 is 2.61 bits per heavy atom. The van der Waals surface area contributed by atoms with Crippen LogP contribution in [-0.4, -0.2) is 15.2 Å². The number of H-pyrrole nitrogens is 1. The van der Waals surface area contributed by atoms with Crippen LogP contribution in [-0.2, 0) is 6.42 Å². The molecule has 1 N–H and O–H groups in total. The highest BCUT2D eigenvalue weighted by Gasteiger charge is 2.11. The second-order valence-corrected chi connectivity index (χ2v) is 5.25. The molecule has 4 aromatic rings. The second-order valence-electron chi connectivity index (χ2n) is 5.25. The fourth-order valence-electron chi connectivity index (χ4n) is 2.51. The van der Waals surface area contributed by atoms with E-state index in [1.54, 1.807) is 0 Å².